The molecule has 2 aromatic rings. The van der Waals surface area contributed by atoms with Crippen molar-refractivity contribution in [3.63, 3.8) is 0 Å². The van der Waals surface area contributed by atoms with Gasteiger partial charge in [0.15, 0.2) is 0 Å². The fourth-order valence-corrected chi connectivity index (χ4v) is 3.31. The van der Waals surface area contributed by atoms with Crippen LogP contribution in [0, 0.1) is 5.92 Å². The van der Waals surface area contributed by atoms with Gasteiger partial charge in [-0.2, -0.15) is 0 Å². The summed E-state index contributed by atoms with van der Waals surface area (Å²) in [7, 11) is 0. The lowest BCUT2D eigenvalue weighted by molar-refractivity contribution is -0.119. The van der Waals surface area contributed by atoms with E-state index < -0.39 is 0 Å². The smallest absolute Gasteiger partial charge is 0.217 e. The Morgan fingerprint density at radius 1 is 1.25 bits per heavy atom. The molecule has 1 N–H and O–H groups in total. The molecule has 1 saturated heterocycles. The number of benzene rings is 1. The molecule has 2 aliphatic rings. The van der Waals surface area contributed by atoms with Crippen LogP contribution in [0.25, 0.3) is 0 Å². The quantitative estimate of drug-likeness (QED) is 0.760. The lowest BCUT2D eigenvalue weighted by Gasteiger charge is -2.40. The number of nitrogens with zero attached hydrogens (tertiary/aromatic N) is 2. The molecule has 4 rings (SSSR count). The van der Waals surface area contributed by atoms with Gasteiger partial charge in [-0.05, 0) is 49.4 Å². The molecule has 1 aromatic carbocycles. The summed E-state index contributed by atoms with van der Waals surface area (Å²) in [6.07, 6.45) is 4.43. The van der Waals surface area contributed by atoms with Gasteiger partial charge >= 0.3 is 0 Å². The van der Waals surface area contributed by atoms with Crippen molar-refractivity contribution in [1.29, 1.82) is 0 Å². The number of anilines is 1. The van der Waals surface area contributed by atoms with Gasteiger partial charge in [-0.1, -0.05) is 12.1 Å². The highest BCUT2D eigenvalue weighted by atomic mass is 16.5. The summed E-state index contributed by atoms with van der Waals surface area (Å²) in [6, 6.07) is 12.1. The normalized spacial score (nSPS) is 17.6. The molecule has 28 heavy (non-hydrogen) atoms. The minimum Gasteiger partial charge on any atom is -0.486 e. The molecule has 1 saturated carbocycles. The zero-order valence-corrected chi connectivity index (χ0v) is 16.4. The molecule has 2 fully saturated rings. The molecule has 0 bridgehead atoms. The van der Waals surface area contributed by atoms with Gasteiger partial charge in [0, 0.05) is 24.9 Å². The summed E-state index contributed by atoms with van der Waals surface area (Å²) < 4.78 is 11.8. The van der Waals surface area contributed by atoms with Crippen molar-refractivity contribution < 1.29 is 14.3 Å². The second kappa shape index (κ2) is 8.09. The Kier molecular flexibility index (Phi) is 5.37. The standard InChI is InChI=1S/C22H27N3O3/c1-15(24-16(2)26)18-5-7-19(8-6-18)25-12-21(13-25)28-20-9-10-23-22(11-20)27-14-17-3-4-17/h5-11,15,17,21H,3-4,12-14H2,1-2H3,(H,24,26). The second-order valence-electron chi connectivity index (χ2n) is 7.74. The Balaban J connectivity index is 1.26. The molecule has 6 nitrogen and oxygen atoms in total. The molecule has 0 radical (unpaired) electrons. The SMILES string of the molecule is CC(=O)NC(C)c1ccc(N2CC(Oc3ccnc(OCC4CC4)c3)C2)cc1. The summed E-state index contributed by atoms with van der Waals surface area (Å²) >= 11 is 0. The average Bonchev–Trinajstić information content (AvgIpc) is 3.47. The molecule has 148 valence electrons. The first-order chi connectivity index (χ1) is 13.6. The van der Waals surface area contributed by atoms with Crippen LogP contribution < -0.4 is 19.7 Å². The lowest BCUT2D eigenvalue weighted by atomic mass is 10.1. The number of aromatic nitrogens is 1. The Morgan fingerprint density at radius 2 is 2.00 bits per heavy atom. The number of ether oxygens (including phenoxy) is 2. The van der Waals surface area contributed by atoms with Crippen molar-refractivity contribution in [3.8, 4) is 11.6 Å². The van der Waals surface area contributed by atoms with Crippen LogP contribution in [0.5, 0.6) is 11.6 Å². The lowest BCUT2D eigenvalue weighted by Crippen LogP contribution is -2.54. The molecule has 2 heterocycles. The molecule has 0 spiro atoms. The van der Waals surface area contributed by atoms with Crippen LogP contribution in [0.3, 0.4) is 0 Å². The maximum atomic E-state index is 11.2. The molecule has 1 aliphatic heterocycles. The van der Waals surface area contributed by atoms with Crippen molar-refractivity contribution >= 4 is 11.6 Å². The second-order valence-corrected chi connectivity index (χ2v) is 7.74. The Labute approximate surface area is 165 Å². The van der Waals surface area contributed by atoms with Crippen molar-refractivity contribution in [2.24, 2.45) is 5.92 Å². The van der Waals surface area contributed by atoms with E-state index in [0.29, 0.717) is 11.8 Å². The van der Waals surface area contributed by atoms with Crippen molar-refractivity contribution in [2.75, 3.05) is 24.6 Å². The number of amides is 1. The molecule has 1 aliphatic carbocycles. The van der Waals surface area contributed by atoms with Gasteiger partial charge in [0.2, 0.25) is 11.8 Å². The fraction of sp³-hybridized carbons (Fsp3) is 0.455. The first-order valence-electron chi connectivity index (χ1n) is 9.94. The predicted molar refractivity (Wildman–Crippen MR) is 108 cm³/mol. The first kappa shape index (κ1) is 18.6. The van der Waals surface area contributed by atoms with E-state index in [9.17, 15) is 4.79 Å². The monoisotopic (exact) mass is 381 g/mol. The third kappa shape index (κ3) is 4.74. The third-order valence-corrected chi connectivity index (χ3v) is 5.20. The van der Waals surface area contributed by atoms with Gasteiger partial charge in [-0.15, -0.1) is 0 Å². The van der Waals surface area contributed by atoms with E-state index in [2.05, 4.69) is 39.5 Å². The molecule has 1 unspecified atom stereocenters. The number of hydrogen-bond acceptors (Lipinski definition) is 5. The highest BCUT2D eigenvalue weighted by Crippen LogP contribution is 2.30. The van der Waals surface area contributed by atoms with E-state index in [1.54, 1.807) is 6.20 Å². The Hall–Kier alpha value is -2.76. The largest absolute Gasteiger partial charge is 0.486 e. The molecule has 6 heteroatoms. The Bertz CT molecular complexity index is 814. The maximum absolute atomic E-state index is 11.2. The van der Waals surface area contributed by atoms with Gasteiger partial charge in [0.1, 0.15) is 11.9 Å². The van der Waals surface area contributed by atoms with Crippen molar-refractivity contribution in [3.05, 3.63) is 48.2 Å². The fourth-order valence-electron chi connectivity index (χ4n) is 3.31. The summed E-state index contributed by atoms with van der Waals surface area (Å²) in [5.41, 5.74) is 2.27. The molecule has 1 aromatic heterocycles. The topological polar surface area (TPSA) is 63.7 Å². The number of nitrogens with one attached hydrogen (secondary N) is 1. The van der Waals surface area contributed by atoms with Crippen LogP contribution in [-0.2, 0) is 4.79 Å². The van der Waals surface area contributed by atoms with E-state index >= 15 is 0 Å². The molecular weight excluding hydrogens is 354 g/mol. The van der Waals surface area contributed by atoms with Gasteiger partial charge in [-0.25, -0.2) is 4.98 Å². The van der Waals surface area contributed by atoms with Crippen LogP contribution in [0.1, 0.15) is 38.3 Å². The van der Waals surface area contributed by atoms with E-state index in [1.165, 1.54) is 25.5 Å². The number of hydrogen-bond donors (Lipinski definition) is 1. The van der Waals surface area contributed by atoms with Gasteiger partial charge in [-0.3, -0.25) is 4.79 Å². The zero-order valence-electron chi connectivity index (χ0n) is 16.4. The highest BCUT2D eigenvalue weighted by Gasteiger charge is 2.29. The molecule has 1 atom stereocenters. The maximum Gasteiger partial charge on any atom is 0.217 e. The molecular formula is C22H27N3O3. The summed E-state index contributed by atoms with van der Waals surface area (Å²) in [5, 5.41) is 2.91. The van der Waals surface area contributed by atoms with Crippen LogP contribution >= 0.6 is 0 Å². The summed E-state index contributed by atoms with van der Waals surface area (Å²) in [6.45, 7) is 5.98. The number of carbonyl (C=O) groups excluding carboxylic acids is 1. The summed E-state index contributed by atoms with van der Waals surface area (Å²) in [4.78, 5) is 17.7. The van der Waals surface area contributed by atoms with E-state index in [0.717, 1.165) is 31.0 Å². The van der Waals surface area contributed by atoms with Gasteiger partial charge in [0.25, 0.3) is 0 Å². The number of rotatable bonds is 8. The first-order valence-corrected chi connectivity index (χ1v) is 9.94. The van der Waals surface area contributed by atoms with Crippen LogP contribution in [-0.4, -0.2) is 36.7 Å². The predicted octanol–water partition coefficient (Wildman–Crippen LogP) is 3.34. The zero-order chi connectivity index (χ0) is 19.5. The third-order valence-electron chi connectivity index (χ3n) is 5.20. The van der Waals surface area contributed by atoms with Crippen LogP contribution in [0.2, 0.25) is 0 Å². The van der Waals surface area contributed by atoms with Gasteiger partial charge < -0.3 is 19.7 Å². The van der Waals surface area contributed by atoms with Gasteiger partial charge in [0.05, 0.1) is 25.7 Å². The average molecular weight is 381 g/mol. The minimum absolute atomic E-state index is 0.0158. The van der Waals surface area contributed by atoms with Crippen molar-refractivity contribution in [2.45, 2.75) is 38.8 Å². The van der Waals surface area contributed by atoms with Crippen molar-refractivity contribution in [1.82, 2.24) is 10.3 Å². The van der Waals surface area contributed by atoms with E-state index in [4.69, 9.17) is 9.47 Å². The van der Waals surface area contributed by atoms with Crippen LogP contribution in [0.15, 0.2) is 42.6 Å². The Morgan fingerprint density at radius 3 is 2.68 bits per heavy atom. The number of carbonyl (C=O) groups is 1. The minimum atomic E-state index is -0.0171. The number of pyridine rings is 1. The van der Waals surface area contributed by atoms with E-state index in [-0.39, 0.29) is 18.1 Å². The van der Waals surface area contributed by atoms with Crippen LogP contribution in [0.4, 0.5) is 5.69 Å². The summed E-state index contributed by atoms with van der Waals surface area (Å²) in [5.74, 6) is 2.14. The van der Waals surface area contributed by atoms with E-state index in [1.807, 2.05) is 19.1 Å². The molecule has 1 amide bonds. The highest BCUT2D eigenvalue weighted by molar-refractivity contribution is 5.73.